The standard InChI is InChI=1S/C44H37ClN10O20S8/c1-20-12-31(51-53-37-22(3)26(19-46)42-47-28-7-6-27(45)41(83(72,73)74)39(28)55(42)43(37)56)33(75-8-4-10-78(57,58)59)17-29(20)49-52-32-13-21(2)30(18-34(32)76-9-5-11-79(60,61)62)50-54-44-48-38-36(82(69,70)71)16-24-25(40(38)77-44)14-23(80(63,64)65)15-35(24)81(66,67)68/h6-7,12-18,56H,4-5,8-11H2,1-3H3,(H,57,58,59)(H,60,61,62)(H,63,64,65)(H,66,67,68)(H,69,70,71)(H,72,73,74). The second-order valence-electron chi connectivity index (χ2n) is 17.6. The highest BCUT2D eigenvalue weighted by atomic mass is 35.5. The van der Waals surface area contributed by atoms with Crippen molar-refractivity contribution in [3.05, 3.63) is 81.9 Å². The van der Waals surface area contributed by atoms with Crippen LogP contribution in [0.15, 0.2) is 110 Å². The second kappa shape index (κ2) is 23.0. The van der Waals surface area contributed by atoms with Crippen molar-refractivity contribution < 1.29 is 87.7 Å². The van der Waals surface area contributed by atoms with Crippen LogP contribution in [-0.4, -0.2) is 121 Å². The number of rotatable bonds is 20. The third kappa shape index (κ3) is 13.7. The van der Waals surface area contributed by atoms with E-state index in [4.69, 9.17) is 16.3 Å². The van der Waals surface area contributed by atoms with E-state index in [2.05, 4.69) is 40.7 Å². The fourth-order valence-corrected chi connectivity index (χ4v) is 14.3. The number of nitriles is 1. The van der Waals surface area contributed by atoms with E-state index in [1.807, 2.05) is 6.07 Å². The van der Waals surface area contributed by atoms with Crippen molar-refractivity contribution in [3.63, 3.8) is 0 Å². The van der Waals surface area contributed by atoms with E-state index in [1.165, 1.54) is 37.3 Å². The topological polar surface area (TPSA) is 484 Å². The summed E-state index contributed by atoms with van der Waals surface area (Å²) < 4.78 is 211. The number of imidazole rings is 1. The second-order valence-corrected chi connectivity index (χ2v) is 28.8. The molecule has 0 spiro atoms. The van der Waals surface area contributed by atoms with Crippen molar-refractivity contribution in [2.75, 3.05) is 23.9 Å². The molecule has 0 saturated carbocycles. The van der Waals surface area contributed by atoms with Gasteiger partial charge in [-0.05, 0) is 99.0 Å². The van der Waals surface area contributed by atoms with Gasteiger partial charge in [0.25, 0.3) is 60.7 Å². The third-order valence-corrected chi connectivity index (χ3v) is 19.4. The van der Waals surface area contributed by atoms with Crippen molar-refractivity contribution in [2.24, 2.45) is 30.7 Å². The molecule has 0 amide bonds. The highest BCUT2D eigenvalue weighted by Gasteiger charge is 2.30. The first-order valence-electron chi connectivity index (χ1n) is 22.7. The SMILES string of the molecule is Cc1cc(N=Nc2cc(OCCCS(=O)(=O)O)c(N=Nc3c(C)c(C#N)c4nc5ccc(Cl)c(S(=O)(=O)O)c5n4c3O)cc2C)c(SCCCS(=O)(=O)O)cc1N=Nc1nc2c(S(=O)(=O)O)cc3c(S(=O)(=O)O)cc(S(=O)(=O)O)cc3c2s1. The van der Waals surface area contributed by atoms with Gasteiger partial charge in [-0.3, -0.25) is 31.7 Å². The van der Waals surface area contributed by atoms with Gasteiger partial charge in [0.05, 0.1) is 60.8 Å². The van der Waals surface area contributed by atoms with Gasteiger partial charge in [0.2, 0.25) is 11.0 Å². The van der Waals surface area contributed by atoms with E-state index in [0.29, 0.717) is 34.6 Å². The van der Waals surface area contributed by atoms with Gasteiger partial charge in [-0.15, -0.1) is 37.3 Å². The van der Waals surface area contributed by atoms with E-state index in [-0.39, 0.29) is 102 Å². The summed E-state index contributed by atoms with van der Waals surface area (Å²) in [6.07, 6.45) is -0.318. The van der Waals surface area contributed by atoms with Gasteiger partial charge in [-0.25, -0.2) is 9.97 Å². The van der Waals surface area contributed by atoms with Crippen LogP contribution in [-0.2, 0) is 60.7 Å². The monoisotopic (exact) mass is 1320 g/mol. The maximum Gasteiger partial charge on any atom is 0.298 e. The number of thiazole rings is 1. The largest absolute Gasteiger partial charge is 0.493 e. The average Bonchev–Trinajstić information content (AvgIpc) is 3.46. The van der Waals surface area contributed by atoms with Crippen LogP contribution >= 0.6 is 34.7 Å². The van der Waals surface area contributed by atoms with Crippen LogP contribution in [0.25, 0.3) is 37.7 Å². The molecular formula is C44H37ClN10O20S8. The van der Waals surface area contributed by atoms with Crippen LogP contribution in [0.2, 0.25) is 5.02 Å². The number of nitrogens with zero attached hydrogens (tertiary/aromatic N) is 10. The zero-order chi connectivity index (χ0) is 61.1. The number of aromatic hydroxyl groups is 1. The summed E-state index contributed by atoms with van der Waals surface area (Å²) in [6, 6.07) is 11.8. The number of benzene rings is 5. The maximum atomic E-state index is 12.6. The molecule has 0 saturated heterocycles. The van der Waals surface area contributed by atoms with Gasteiger partial charge in [-0.2, -0.15) is 60.9 Å². The van der Waals surface area contributed by atoms with Gasteiger partial charge in [0, 0.05) is 27.3 Å². The number of aryl methyl sites for hydroxylation is 2. The van der Waals surface area contributed by atoms with E-state index < -0.39 is 119 Å². The van der Waals surface area contributed by atoms with Crippen LogP contribution in [0.5, 0.6) is 11.6 Å². The van der Waals surface area contributed by atoms with Crippen LogP contribution in [0, 0.1) is 32.1 Å². The number of hydrogen-bond donors (Lipinski definition) is 7. The number of azo groups is 3. The van der Waals surface area contributed by atoms with E-state index in [0.717, 1.165) is 28.3 Å². The first-order valence-corrected chi connectivity index (χ1v) is 33.9. The van der Waals surface area contributed by atoms with E-state index in [1.54, 1.807) is 13.8 Å². The van der Waals surface area contributed by atoms with Crippen molar-refractivity contribution in [1.29, 1.82) is 5.26 Å². The lowest BCUT2D eigenvalue weighted by molar-refractivity contribution is 0.317. The molecule has 8 aromatic rings. The molecule has 0 unspecified atom stereocenters. The van der Waals surface area contributed by atoms with Crippen molar-refractivity contribution in [2.45, 2.75) is 58.1 Å². The van der Waals surface area contributed by atoms with Crippen LogP contribution in [0.1, 0.15) is 35.1 Å². The minimum Gasteiger partial charge on any atom is -0.493 e. The molecule has 83 heavy (non-hydrogen) atoms. The lowest BCUT2D eigenvalue weighted by Gasteiger charge is -2.12. The minimum atomic E-state index is -5.32. The molecular weight excluding hydrogens is 1280 g/mol. The molecule has 0 aliphatic rings. The Hall–Kier alpha value is -6.81. The molecule has 0 fully saturated rings. The maximum absolute atomic E-state index is 12.6. The molecule has 438 valence electrons. The molecule has 5 aromatic carbocycles. The highest BCUT2D eigenvalue weighted by molar-refractivity contribution is 7.99. The smallest absolute Gasteiger partial charge is 0.298 e. The van der Waals surface area contributed by atoms with Gasteiger partial charge in [-0.1, -0.05) is 22.9 Å². The van der Waals surface area contributed by atoms with Crippen LogP contribution in [0.4, 0.5) is 33.6 Å². The molecule has 7 N–H and O–H groups in total. The lowest BCUT2D eigenvalue weighted by Crippen LogP contribution is -2.08. The number of aromatic nitrogens is 3. The Bertz CT molecular complexity index is 4950. The molecule has 0 bridgehead atoms. The van der Waals surface area contributed by atoms with Gasteiger partial charge in [0.15, 0.2) is 11.3 Å². The number of fused-ring (bicyclic) bond motifs is 6. The first kappa shape index (κ1) is 62.2. The summed E-state index contributed by atoms with van der Waals surface area (Å²) in [7, 11) is -29.6. The number of halogens is 1. The molecule has 3 heterocycles. The van der Waals surface area contributed by atoms with E-state index in [9.17, 15) is 88.2 Å². The third-order valence-electron chi connectivity index (χ3n) is 11.7. The van der Waals surface area contributed by atoms with Crippen LogP contribution < -0.4 is 4.74 Å². The van der Waals surface area contributed by atoms with E-state index >= 15 is 0 Å². The highest BCUT2D eigenvalue weighted by Crippen LogP contribution is 2.46. The Kier molecular flexibility index (Phi) is 17.2. The molecule has 0 aliphatic heterocycles. The summed E-state index contributed by atoms with van der Waals surface area (Å²) in [5.41, 5.74) is -0.954. The first-order chi connectivity index (χ1) is 38.4. The molecule has 3 aromatic heterocycles. The molecule has 0 atom stereocenters. The Labute approximate surface area is 482 Å². The van der Waals surface area contributed by atoms with Crippen LogP contribution in [0.3, 0.4) is 0 Å². The number of ether oxygens (including phenoxy) is 1. The Balaban J connectivity index is 1.21. The zero-order valence-electron chi connectivity index (χ0n) is 42.0. The predicted molar refractivity (Wildman–Crippen MR) is 298 cm³/mol. The number of thioether (sulfide) groups is 1. The summed E-state index contributed by atoms with van der Waals surface area (Å²) in [6.45, 7) is 4.14. The fourth-order valence-electron chi connectivity index (χ4n) is 8.03. The molecule has 30 nitrogen and oxygen atoms in total. The lowest BCUT2D eigenvalue weighted by atomic mass is 10.1. The molecule has 8 rings (SSSR count). The van der Waals surface area contributed by atoms with Gasteiger partial charge >= 0.3 is 0 Å². The molecule has 0 radical (unpaired) electrons. The predicted octanol–water partition coefficient (Wildman–Crippen LogP) is 9.67. The van der Waals surface area contributed by atoms with Crippen molar-refractivity contribution >= 4 is 167 Å². The quantitative estimate of drug-likeness (QED) is 0.0161. The molecule has 39 heteroatoms. The number of pyridine rings is 1. The summed E-state index contributed by atoms with van der Waals surface area (Å²) >= 11 is 7.75. The average molecular weight is 1320 g/mol. The minimum absolute atomic E-state index is 0.0151. The Morgan fingerprint density at radius 3 is 1.89 bits per heavy atom. The summed E-state index contributed by atoms with van der Waals surface area (Å²) in [5.74, 6) is -2.22. The van der Waals surface area contributed by atoms with Gasteiger partial charge in [0.1, 0.15) is 43.3 Å². The normalized spacial score (nSPS) is 13.3. The summed E-state index contributed by atoms with van der Waals surface area (Å²) in [4.78, 5) is 4.73. The van der Waals surface area contributed by atoms with Gasteiger partial charge < -0.3 is 9.84 Å². The van der Waals surface area contributed by atoms with Crippen molar-refractivity contribution in [1.82, 2.24) is 14.4 Å². The fraction of sp³-hybridized carbons (Fsp3) is 0.205. The summed E-state index contributed by atoms with van der Waals surface area (Å²) in [5, 5.41) is 45.8. The zero-order valence-corrected chi connectivity index (χ0v) is 49.3. The Morgan fingerprint density at radius 2 is 1.28 bits per heavy atom. The molecule has 0 aliphatic carbocycles. The van der Waals surface area contributed by atoms with Crippen molar-refractivity contribution in [3.8, 4) is 17.7 Å². The number of hydrogen-bond acceptors (Lipinski definition) is 25. The Morgan fingerprint density at radius 1 is 0.675 bits per heavy atom.